The zero-order chi connectivity index (χ0) is 24.7. The highest BCUT2D eigenvalue weighted by Crippen LogP contribution is 2.39. The molecular weight excluding hydrogens is 452 g/mol. The second-order valence-corrected chi connectivity index (χ2v) is 9.57. The minimum absolute atomic E-state index is 0.0325. The number of nitrogens with zero attached hydrogens (tertiary/aromatic N) is 2. The van der Waals surface area contributed by atoms with E-state index in [0.29, 0.717) is 46.9 Å². The van der Waals surface area contributed by atoms with E-state index < -0.39 is 0 Å². The highest BCUT2D eigenvalue weighted by molar-refractivity contribution is 7.16. The summed E-state index contributed by atoms with van der Waals surface area (Å²) in [7, 11) is 1.70. The number of amides is 2. The van der Waals surface area contributed by atoms with Gasteiger partial charge in [-0.15, -0.1) is 11.3 Å². The number of hydrogen-bond donors (Lipinski definition) is 2. The molecule has 1 aromatic heterocycles. The van der Waals surface area contributed by atoms with Crippen LogP contribution >= 0.6 is 11.3 Å². The molecule has 1 aliphatic rings. The first-order valence-corrected chi connectivity index (χ1v) is 12.4. The number of nitriles is 1. The van der Waals surface area contributed by atoms with Gasteiger partial charge < -0.3 is 20.1 Å². The molecule has 0 fully saturated rings. The van der Waals surface area contributed by atoms with Crippen molar-refractivity contribution in [3.8, 4) is 17.6 Å². The molecule has 0 radical (unpaired) electrons. The lowest BCUT2D eigenvalue weighted by molar-refractivity contribution is -0.119. The van der Waals surface area contributed by atoms with Crippen LogP contribution in [0.25, 0.3) is 0 Å². The first kappa shape index (κ1) is 25.5. The number of fused-ring (bicyclic) bond motifs is 1. The second kappa shape index (κ2) is 11.9. The number of hydrogen-bond acceptors (Lipinski definition) is 7. The van der Waals surface area contributed by atoms with E-state index in [-0.39, 0.29) is 24.9 Å². The molecule has 0 saturated carbocycles. The van der Waals surface area contributed by atoms with Crippen LogP contribution in [0.15, 0.2) is 18.2 Å². The number of rotatable bonds is 10. The highest BCUT2D eigenvalue weighted by Gasteiger charge is 2.25. The van der Waals surface area contributed by atoms with Gasteiger partial charge in [-0.1, -0.05) is 6.92 Å². The SMILES string of the molecule is CCOc1ccc(NC(=O)CN(C)CC(=O)Nc2sc3c(c2C#N)CC[C@@H](C)C3)cc1OCC. The Kier molecular flexibility index (Phi) is 8.91. The number of anilines is 2. The minimum Gasteiger partial charge on any atom is -0.490 e. The summed E-state index contributed by atoms with van der Waals surface area (Å²) >= 11 is 1.50. The third kappa shape index (κ3) is 6.49. The van der Waals surface area contributed by atoms with Gasteiger partial charge in [0, 0.05) is 16.6 Å². The zero-order valence-electron chi connectivity index (χ0n) is 20.2. The Labute approximate surface area is 204 Å². The maximum absolute atomic E-state index is 12.6. The van der Waals surface area contributed by atoms with Crippen molar-refractivity contribution in [1.29, 1.82) is 5.26 Å². The second-order valence-electron chi connectivity index (χ2n) is 8.46. The number of thiophene rings is 1. The summed E-state index contributed by atoms with van der Waals surface area (Å²) in [6, 6.07) is 7.50. The van der Waals surface area contributed by atoms with E-state index in [2.05, 4.69) is 23.6 Å². The summed E-state index contributed by atoms with van der Waals surface area (Å²) < 4.78 is 11.1. The summed E-state index contributed by atoms with van der Waals surface area (Å²) in [5.41, 5.74) is 2.25. The van der Waals surface area contributed by atoms with E-state index in [1.807, 2.05) is 13.8 Å². The summed E-state index contributed by atoms with van der Waals surface area (Å²) in [5.74, 6) is 1.28. The topological polar surface area (TPSA) is 104 Å². The van der Waals surface area contributed by atoms with E-state index in [1.54, 1.807) is 30.1 Å². The molecule has 0 unspecified atom stereocenters. The lowest BCUT2D eigenvalue weighted by Crippen LogP contribution is -2.36. The van der Waals surface area contributed by atoms with Crippen LogP contribution in [0.5, 0.6) is 11.5 Å². The van der Waals surface area contributed by atoms with Gasteiger partial charge in [-0.25, -0.2) is 0 Å². The van der Waals surface area contributed by atoms with Crippen LogP contribution in [0.3, 0.4) is 0 Å². The van der Waals surface area contributed by atoms with E-state index in [9.17, 15) is 14.9 Å². The van der Waals surface area contributed by atoms with Crippen molar-refractivity contribution in [3.05, 3.63) is 34.2 Å². The smallest absolute Gasteiger partial charge is 0.239 e. The van der Waals surface area contributed by atoms with Gasteiger partial charge in [0.2, 0.25) is 11.8 Å². The molecule has 1 atom stereocenters. The molecule has 1 aromatic carbocycles. The number of nitrogens with one attached hydrogen (secondary N) is 2. The van der Waals surface area contributed by atoms with Crippen molar-refractivity contribution in [2.75, 3.05) is 44.0 Å². The predicted molar refractivity (Wildman–Crippen MR) is 134 cm³/mol. The van der Waals surface area contributed by atoms with Crippen molar-refractivity contribution in [3.63, 3.8) is 0 Å². The molecule has 0 bridgehead atoms. The van der Waals surface area contributed by atoms with Gasteiger partial charge in [0.1, 0.15) is 11.1 Å². The fourth-order valence-electron chi connectivity index (χ4n) is 4.00. The predicted octanol–water partition coefficient (Wildman–Crippen LogP) is 4.05. The lowest BCUT2D eigenvalue weighted by Gasteiger charge is -2.17. The third-order valence-electron chi connectivity index (χ3n) is 5.53. The van der Waals surface area contributed by atoms with Gasteiger partial charge in [-0.05, 0) is 63.8 Å². The monoisotopic (exact) mass is 484 g/mol. The van der Waals surface area contributed by atoms with E-state index in [4.69, 9.17) is 9.47 Å². The van der Waals surface area contributed by atoms with E-state index >= 15 is 0 Å². The number of ether oxygens (including phenoxy) is 2. The van der Waals surface area contributed by atoms with Crippen molar-refractivity contribution < 1.29 is 19.1 Å². The molecule has 2 N–H and O–H groups in total. The molecular formula is C25H32N4O4S. The van der Waals surface area contributed by atoms with Crippen LogP contribution in [0.4, 0.5) is 10.7 Å². The quantitative estimate of drug-likeness (QED) is 0.527. The molecule has 182 valence electrons. The lowest BCUT2D eigenvalue weighted by atomic mass is 9.89. The molecule has 2 aromatic rings. The third-order valence-corrected chi connectivity index (χ3v) is 6.70. The van der Waals surface area contributed by atoms with Crippen molar-refractivity contribution >= 4 is 33.8 Å². The summed E-state index contributed by atoms with van der Waals surface area (Å²) in [5, 5.41) is 15.9. The molecule has 8 nitrogen and oxygen atoms in total. The van der Waals surface area contributed by atoms with E-state index in [1.165, 1.54) is 16.2 Å². The summed E-state index contributed by atoms with van der Waals surface area (Å²) in [4.78, 5) is 27.9. The van der Waals surface area contributed by atoms with Crippen LogP contribution in [-0.2, 0) is 22.4 Å². The molecule has 1 heterocycles. The minimum atomic E-state index is -0.252. The van der Waals surface area contributed by atoms with Crippen LogP contribution < -0.4 is 20.1 Å². The number of carbonyl (C=O) groups excluding carboxylic acids is 2. The molecule has 0 spiro atoms. The fraction of sp³-hybridized carbons (Fsp3) is 0.480. The zero-order valence-corrected chi connectivity index (χ0v) is 21.0. The van der Waals surface area contributed by atoms with Gasteiger partial charge in [-0.2, -0.15) is 5.26 Å². The molecule has 3 rings (SSSR count). The Morgan fingerprint density at radius 2 is 1.82 bits per heavy atom. The van der Waals surface area contributed by atoms with Crippen molar-refractivity contribution in [1.82, 2.24) is 4.90 Å². The van der Waals surface area contributed by atoms with Crippen molar-refractivity contribution in [2.24, 2.45) is 5.92 Å². The Morgan fingerprint density at radius 1 is 1.15 bits per heavy atom. The largest absolute Gasteiger partial charge is 0.490 e. The summed E-state index contributed by atoms with van der Waals surface area (Å²) in [6.45, 7) is 7.05. The number of benzene rings is 1. The normalized spacial score (nSPS) is 14.8. The fourth-order valence-corrected chi connectivity index (χ4v) is 5.38. The molecule has 34 heavy (non-hydrogen) atoms. The average Bonchev–Trinajstić information content (AvgIpc) is 3.11. The first-order valence-electron chi connectivity index (χ1n) is 11.6. The Hall–Kier alpha value is -3.09. The molecule has 1 aliphatic carbocycles. The van der Waals surface area contributed by atoms with Gasteiger partial charge in [-0.3, -0.25) is 14.5 Å². The Bertz CT molecular complexity index is 1080. The van der Waals surface area contributed by atoms with Crippen LogP contribution in [0, 0.1) is 17.2 Å². The standard InChI is InChI=1S/C25H32N4O4S/c1-5-32-20-10-8-17(12-21(20)33-6-2)27-23(30)14-29(4)15-24(31)28-25-19(13-26)18-9-7-16(3)11-22(18)34-25/h8,10,12,16H,5-7,9,11,14-15H2,1-4H3,(H,27,30)(H,28,31)/t16-/m1/s1. The Morgan fingerprint density at radius 3 is 2.50 bits per heavy atom. The maximum Gasteiger partial charge on any atom is 0.239 e. The molecule has 0 aliphatic heterocycles. The van der Waals surface area contributed by atoms with Crippen molar-refractivity contribution in [2.45, 2.75) is 40.0 Å². The highest BCUT2D eigenvalue weighted by atomic mass is 32.1. The van der Waals surface area contributed by atoms with Gasteiger partial charge in [0.25, 0.3) is 0 Å². The first-order chi connectivity index (χ1) is 16.3. The maximum atomic E-state index is 12.6. The van der Waals surface area contributed by atoms with Crippen LogP contribution in [0.1, 0.15) is 43.2 Å². The Balaban J connectivity index is 1.55. The number of likely N-dealkylation sites (N-methyl/N-ethyl adjacent to an activating group) is 1. The van der Waals surface area contributed by atoms with Crippen LogP contribution in [-0.4, -0.2) is 50.1 Å². The van der Waals surface area contributed by atoms with Gasteiger partial charge >= 0.3 is 0 Å². The summed E-state index contributed by atoms with van der Waals surface area (Å²) in [6.07, 6.45) is 2.88. The number of carbonyl (C=O) groups is 2. The molecule has 0 saturated heterocycles. The van der Waals surface area contributed by atoms with Gasteiger partial charge in [0.05, 0.1) is 31.9 Å². The molecule has 9 heteroatoms. The molecule has 2 amide bonds. The van der Waals surface area contributed by atoms with Crippen LogP contribution in [0.2, 0.25) is 0 Å². The van der Waals surface area contributed by atoms with Gasteiger partial charge in [0.15, 0.2) is 11.5 Å². The van der Waals surface area contributed by atoms with E-state index in [0.717, 1.165) is 24.8 Å². The average molecular weight is 485 g/mol.